The van der Waals surface area contributed by atoms with Gasteiger partial charge in [0.2, 0.25) is 0 Å². The molecule has 0 spiro atoms. The number of benzene rings is 1. The number of piperidine rings is 2. The van der Waals surface area contributed by atoms with Crippen LogP contribution in [-0.2, 0) is 4.79 Å². The van der Waals surface area contributed by atoms with Crippen LogP contribution in [0.15, 0.2) is 48.2 Å². The second-order valence-electron chi connectivity index (χ2n) is 5.43. The van der Waals surface area contributed by atoms with Crippen molar-refractivity contribution in [2.75, 3.05) is 6.54 Å². The predicted molar refractivity (Wildman–Crippen MR) is 75.8 cm³/mol. The van der Waals surface area contributed by atoms with Crippen LogP contribution >= 0.6 is 0 Å². The molecule has 2 aliphatic heterocycles. The van der Waals surface area contributed by atoms with Crippen molar-refractivity contribution in [1.82, 2.24) is 4.90 Å². The average Bonchev–Trinajstić information content (AvgIpc) is 2.46. The lowest BCUT2D eigenvalue weighted by atomic mass is 9.83. The molecule has 0 radical (unpaired) electrons. The van der Waals surface area contributed by atoms with Crippen LogP contribution < -0.4 is 0 Å². The highest BCUT2D eigenvalue weighted by Crippen LogP contribution is 2.38. The van der Waals surface area contributed by atoms with Gasteiger partial charge in [-0.15, -0.1) is 5.73 Å². The summed E-state index contributed by atoms with van der Waals surface area (Å²) in [6.45, 7) is 4.87. The van der Waals surface area contributed by atoms with Crippen molar-refractivity contribution in [1.29, 1.82) is 0 Å². The summed E-state index contributed by atoms with van der Waals surface area (Å²) >= 11 is 0. The van der Waals surface area contributed by atoms with Gasteiger partial charge in [0.1, 0.15) is 5.78 Å². The van der Waals surface area contributed by atoms with Crippen LogP contribution in [0.25, 0.3) is 0 Å². The molecular weight excluding hydrogens is 234 g/mol. The van der Waals surface area contributed by atoms with Gasteiger partial charge >= 0.3 is 0 Å². The standard InChI is InChI=1S/C17H19NO/c1-2-13-9-6-10-18-16(13)11-15(19)12-17(18)14-7-4-3-5-8-14/h3-5,7-8,16-17H,1,6,9-12H2/t16-,17-/m1/s1. The highest BCUT2D eigenvalue weighted by molar-refractivity contribution is 5.81. The normalized spacial score (nSPS) is 27.8. The van der Waals surface area contributed by atoms with Crippen LogP contribution in [0, 0.1) is 0 Å². The molecule has 2 saturated heterocycles. The fraction of sp³-hybridized carbons (Fsp3) is 0.412. The molecule has 0 unspecified atom stereocenters. The second-order valence-corrected chi connectivity index (χ2v) is 5.43. The van der Waals surface area contributed by atoms with Gasteiger partial charge in [0.25, 0.3) is 0 Å². The number of Topliss-reactive ketones (excluding diaryl/α,β-unsaturated/α-hetero) is 1. The van der Waals surface area contributed by atoms with Crippen LogP contribution in [0.4, 0.5) is 0 Å². The smallest absolute Gasteiger partial charge is 0.136 e. The molecule has 2 nitrogen and oxygen atoms in total. The van der Waals surface area contributed by atoms with Gasteiger partial charge in [0.15, 0.2) is 0 Å². The van der Waals surface area contributed by atoms with E-state index in [-0.39, 0.29) is 12.1 Å². The quantitative estimate of drug-likeness (QED) is 0.716. The van der Waals surface area contributed by atoms with E-state index in [0.29, 0.717) is 18.6 Å². The second kappa shape index (κ2) is 5.16. The molecule has 0 saturated carbocycles. The number of hydrogen-bond donors (Lipinski definition) is 0. The molecule has 19 heavy (non-hydrogen) atoms. The Bertz CT molecular complexity index is 527. The molecule has 2 heterocycles. The summed E-state index contributed by atoms with van der Waals surface area (Å²) in [4.78, 5) is 14.6. The number of ketones is 1. The topological polar surface area (TPSA) is 20.3 Å². The summed E-state index contributed by atoms with van der Waals surface area (Å²) in [6, 6.07) is 10.9. The Morgan fingerprint density at radius 1 is 1.16 bits per heavy atom. The number of carbonyl (C=O) groups is 1. The van der Waals surface area contributed by atoms with Crippen LogP contribution in [0.5, 0.6) is 0 Å². The van der Waals surface area contributed by atoms with E-state index in [4.69, 9.17) is 0 Å². The minimum atomic E-state index is 0.232. The molecule has 98 valence electrons. The fourth-order valence-corrected chi connectivity index (χ4v) is 3.41. The van der Waals surface area contributed by atoms with Crippen molar-refractivity contribution in [3.63, 3.8) is 0 Å². The molecule has 0 aromatic heterocycles. The minimum Gasteiger partial charge on any atom is -0.300 e. The molecule has 2 heteroatoms. The van der Waals surface area contributed by atoms with E-state index >= 15 is 0 Å². The van der Waals surface area contributed by atoms with E-state index in [2.05, 4.69) is 41.5 Å². The van der Waals surface area contributed by atoms with Crippen molar-refractivity contribution in [2.45, 2.75) is 37.8 Å². The number of fused-ring (bicyclic) bond motifs is 1. The minimum absolute atomic E-state index is 0.232. The molecule has 0 bridgehead atoms. The summed E-state index contributed by atoms with van der Waals surface area (Å²) < 4.78 is 0. The van der Waals surface area contributed by atoms with Crippen LogP contribution in [0.1, 0.15) is 37.3 Å². The summed E-state index contributed by atoms with van der Waals surface area (Å²) in [5.41, 5.74) is 5.55. The van der Waals surface area contributed by atoms with Crippen molar-refractivity contribution in [3.8, 4) is 0 Å². The third-order valence-corrected chi connectivity index (χ3v) is 4.32. The van der Waals surface area contributed by atoms with Gasteiger partial charge in [-0.1, -0.05) is 36.9 Å². The highest BCUT2D eigenvalue weighted by Gasteiger charge is 2.38. The summed E-state index contributed by atoms with van der Waals surface area (Å²) in [5, 5.41) is 0. The Morgan fingerprint density at radius 2 is 1.89 bits per heavy atom. The Morgan fingerprint density at radius 3 is 2.63 bits per heavy atom. The van der Waals surface area contributed by atoms with Crippen molar-refractivity contribution in [2.24, 2.45) is 0 Å². The maximum Gasteiger partial charge on any atom is 0.136 e. The lowest BCUT2D eigenvalue weighted by Crippen LogP contribution is -2.48. The molecule has 1 aromatic rings. The first kappa shape index (κ1) is 12.4. The monoisotopic (exact) mass is 253 g/mol. The lowest BCUT2D eigenvalue weighted by molar-refractivity contribution is -0.125. The maximum atomic E-state index is 12.1. The van der Waals surface area contributed by atoms with Crippen LogP contribution in [0.3, 0.4) is 0 Å². The van der Waals surface area contributed by atoms with Crippen molar-refractivity contribution >= 4 is 5.78 Å². The van der Waals surface area contributed by atoms with Gasteiger partial charge in [0.05, 0.1) is 0 Å². The van der Waals surface area contributed by atoms with E-state index < -0.39 is 0 Å². The van der Waals surface area contributed by atoms with Gasteiger partial charge in [-0.05, 0) is 30.5 Å². The van der Waals surface area contributed by atoms with E-state index in [1.54, 1.807) is 0 Å². The first-order chi connectivity index (χ1) is 9.29. The number of hydrogen-bond acceptors (Lipinski definition) is 2. The molecule has 3 rings (SSSR count). The SMILES string of the molecule is C=C=C1CCCN2[C@@H]1CC(=O)C[C@@H]2c1ccccc1. The lowest BCUT2D eigenvalue weighted by Gasteiger charge is -2.45. The first-order valence-electron chi connectivity index (χ1n) is 7.01. The van der Waals surface area contributed by atoms with Crippen LogP contribution in [-0.4, -0.2) is 23.3 Å². The Labute approximate surface area is 114 Å². The zero-order chi connectivity index (χ0) is 13.2. The molecular formula is C17H19NO. The molecule has 1 aromatic carbocycles. The number of carbonyl (C=O) groups excluding carboxylic acids is 1. The van der Waals surface area contributed by atoms with Gasteiger partial charge in [0, 0.05) is 24.9 Å². The van der Waals surface area contributed by atoms with E-state index in [0.717, 1.165) is 19.4 Å². The fourth-order valence-electron chi connectivity index (χ4n) is 3.41. The summed E-state index contributed by atoms with van der Waals surface area (Å²) in [6.07, 6.45) is 3.47. The number of nitrogens with zero attached hydrogens (tertiary/aromatic N) is 1. The first-order valence-corrected chi connectivity index (χ1v) is 7.01. The largest absolute Gasteiger partial charge is 0.300 e. The third-order valence-electron chi connectivity index (χ3n) is 4.32. The molecule has 0 aliphatic carbocycles. The average molecular weight is 253 g/mol. The number of rotatable bonds is 1. The molecule has 2 fully saturated rings. The van der Waals surface area contributed by atoms with E-state index in [1.165, 1.54) is 11.1 Å². The summed E-state index contributed by atoms with van der Waals surface area (Å²) in [5.74, 6) is 0.366. The molecule has 2 atom stereocenters. The Balaban J connectivity index is 1.96. The third kappa shape index (κ3) is 2.30. The Kier molecular flexibility index (Phi) is 3.37. The highest BCUT2D eigenvalue weighted by atomic mass is 16.1. The van der Waals surface area contributed by atoms with Crippen molar-refractivity contribution < 1.29 is 4.79 Å². The van der Waals surface area contributed by atoms with Gasteiger partial charge in [-0.3, -0.25) is 9.69 Å². The molecule has 0 amide bonds. The molecule has 0 N–H and O–H groups in total. The summed E-state index contributed by atoms with van der Waals surface area (Å²) in [7, 11) is 0. The Hall–Kier alpha value is -1.63. The zero-order valence-corrected chi connectivity index (χ0v) is 11.1. The maximum absolute atomic E-state index is 12.1. The molecule has 2 aliphatic rings. The predicted octanol–water partition coefficient (Wildman–Crippen LogP) is 3.27. The van der Waals surface area contributed by atoms with Gasteiger partial charge in [-0.25, -0.2) is 0 Å². The van der Waals surface area contributed by atoms with E-state index in [1.807, 2.05) is 6.07 Å². The van der Waals surface area contributed by atoms with Gasteiger partial charge < -0.3 is 0 Å². The van der Waals surface area contributed by atoms with Crippen molar-refractivity contribution in [3.05, 3.63) is 53.8 Å². The van der Waals surface area contributed by atoms with E-state index in [9.17, 15) is 4.79 Å². The van der Waals surface area contributed by atoms with Crippen LogP contribution in [0.2, 0.25) is 0 Å². The van der Waals surface area contributed by atoms with Gasteiger partial charge in [-0.2, -0.15) is 0 Å². The zero-order valence-electron chi connectivity index (χ0n) is 11.1.